The number of anilines is 1. The zero-order valence-corrected chi connectivity index (χ0v) is 20.4. The summed E-state index contributed by atoms with van der Waals surface area (Å²) in [5.41, 5.74) is 6.07. The van der Waals surface area contributed by atoms with Gasteiger partial charge in [0.1, 0.15) is 5.57 Å². The van der Waals surface area contributed by atoms with Crippen LogP contribution in [0, 0.1) is 6.92 Å². The molecule has 0 unspecified atom stereocenters. The maximum absolute atomic E-state index is 13.5. The SMILES string of the molecule is CCc1ccc(N2C(=O)/C(=C/c3cn(Cc4ccc(C)cc4)c4ccccc34)C(=O)NC2=S)cc1. The Morgan fingerprint density at radius 1 is 0.914 bits per heavy atom. The van der Waals surface area contributed by atoms with E-state index in [1.807, 2.05) is 54.7 Å². The molecule has 1 fully saturated rings. The van der Waals surface area contributed by atoms with Gasteiger partial charge in [-0.05, 0) is 61.0 Å². The molecule has 0 spiro atoms. The van der Waals surface area contributed by atoms with Crippen molar-refractivity contribution in [3.05, 3.63) is 107 Å². The fourth-order valence-electron chi connectivity index (χ4n) is 4.34. The highest BCUT2D eigenvalue weighted by Gasteiger charge is 2.34. The highest BCUT2D eigenvalue weighted by molar-refractivity contribution is 7.80. The van der Waals surface area contributed by atoms with E-state index in [-0.39, 0.29) is 10.7 Å². The first-order valence-electron chi connectivity index (χ1n) is 11.6. The largest absolute Gasteiger partial charge is 0.342 e. The van der Waals surface area contributed by atoms with E-state index in [4.69, 9.17) is 12.2 Å². The lowest BCUT2D eigenvalue weighted by Crippen LogP contribution is -2.54. The number of aryl methyl sites for hydroxylation is 2. The quantitative estimate of drug-likeness (QED) is 0.237. The zero-order chi connectivity index (χ0) is 24.5. The predicted octanol–water partition coefficient (Wildman–Crippen LogP) is 5.39. The van der Waals surface area contributed by atoms with E-state index in [2.05, 4.69) is 48.0 Å². The van der Waals surface area contributed by atoms with E-state index < -0.39 is 11.8 Å². The third kappa shape index (κ3) is 4.40. The molecule has 35 heavy (non-hydrogen) atoms. The maximum atomic E-state index is 13.5. The topological polar surface area (TPSA) is 54.3 Å². The molecule has 0 saturated carbocycles. The lowest BCUT2D eigenvalue weighted by Gasteiger charge is -2.29. The molecule has 0 radical (unpaired) electrons. The molecule has 0 atom stereocenters. The number of rotatable bonds is 5. The van der Waals surface area contributed by atoms with Crippen LogP contribution < -0.4 is 10.2 Å². The van der Waals surface area contributed by atoms with Crippen molar-refractivity contribution < 1.29 is 9.59 Å². The van der Waals surface area contributed by atoms with Crippen LogP contribution in [0.25, 0.3) is 17.0 Å². The van der Waals surface area contributed by atoms with Gasteiger partial charge in [0.2, 0.25) is 0 Å². The van der Waals surface area contributed by atoms with Crippen LogP contribution in [0.15, 0.2) is 84.6 Å². The van der Waals surface area contributed by atoms with Crippen LogP contribution in [0.1, 0.15) is 29.2 Å². The standard InChI is InChI=1S/C29H25N3O2S/c1-3-20-12-14-23(15-13-20)32-28(34)25(27(33)30-29(32)35)16-22-18-31(26-7-5-4-6-24(22)26)17-21-10-8-19(2)9-11-21/h4-16,18H,3,17H2,1-2H3,(H,30,33,35)/b25-16+. The second kappa shape index (κ2) is 9.31. The number of fused-ring (bicyclic) bond motifs is 1. The van der Waals surface area contributed by atoms with Gasteiger partial charge in [0, 0.05) is 29.2 Å². The number of carbonyl (C=O) groups excluding carboxylic acids is 2. The summed E-state index contributed by atoms with van der Waals surface area (Å²) < 4.78 is 2.14. The number of nitrogens with one attached hydrogen (secondary N) is 1. The highest BCUT2D eigenvalue weighted by atomic mass is 32.1. The van der Waals surface area contributed by atoms with Crippen molar-refractivity contribution in [1.82, 2.24) is 9.88 Å². The molecule has 2 heterocycles. The van der Waals surface area contributed by atoms with Crippen molar-refractivity contribution >= 4 is 51.8 Å². The van der Waals surface area contributed by atoms with Crippen molar-refractivity contribution in [2.24, 2.45) is 0 Å². The first kappa shape index (κ1) is 22.7. The normalized spacial score (nSPS) is 15.2. The van der Waals surface area contributed by atoms with Gasteiger partial charge in [-0.3, -0.25) is 19.8 Å². The van der Waals surface area contributed by atoms with Crippen molar-refractivity contribution in [2.75, 3.05) is 4.90 Å². The molecule has 3 aromatic carbocycles. The smallest absolute Gasteiger partial charge is 0.270 e. The molecule has 1 N–H and O–H groups in total. The summed E-state index contributed by atoms with van der Waals surface area (Å²) in [6.45, 7) is 4.82. The van der Waals surface area contributed by atoms with Crippen LogP contribution in [0.3, 0.4) is 0 Å². The molecule has 1 aliphatic heterocycles. The highest BCUT2D eigenvalue weighted by Crippen LogP contribution is 2.27. The minimum Gasteiger partial charge on any atom is -0.342 e. The molecule has 174 valence electrons. The van der Waals surface area contributed by atoms with E-state index in [1.165, 1.54) is 16.0 Å². The van der Waals surface area contributed by atoms with Gasteiger partial charge in [0.25, 0.3) is 11.8 Å². The minimum absolute atomic E-state index is 0.0522. The summed E-state index contributed by atoms with van der Waals surface area (Å²) in [5.74, 6) is -0.921. The molecule has 1 aromatic heterocycles. The summed E-state index contributed by atoms with van der Waals surface area (Å²) in [6, 6.07) is 24.1. The Morgan fingerprint density at radius 3 is 2.31 bits per heavy atom. The van der Waals surface area contributed by atoms with Gasteiger partial charge in [-0.15, -0.1) is 0 Å². The molecule has 1 aliphatic rings. The third-order valence-electron chi connectivity index (χ3n) is 6.30. The lowest BCUT2D eigenvalue weighted by atomic mass is 10.1. The Kier molecular flexibility index (Phi) is 6.05. The van der Waals surface area contributed by atoms with E-state index in [0.717, 1.165) is 28.5 Å². The second-order valence-electron chi connectivity index (χ2n) is 8.69. The Morgan fingerprint density at radius 2 is 1.60 bits per heavy atom. The van der Waals surface area contributed by atoms with Gasteiger partial charge in [-0.2, -0.15) is 0 Å². The molecule has 1 saturated heterocycles. The Hall–Kier alpha value is -4.03. The van der Waals surface area contributed by atoms with Crippen LogP contribution in [0.2, 0.25) is 0 Å². The first-order valence-corrected chi connectivity index (χ1v) is 12.0. The fraction of sp³-hybridized carbons (Fsp3) is 0.138. The average molecular weight is 480 g/mol. The fourth-order valence-corrected chi connectivity index (χ4v) is 4.62. The summed E-state index contributed by atoms with van der Waals surface area (Å²) in [6.07, 6.45) is 4.55. The molecule has 6 heteroatoms. The molecule has 5 nitrogen and oxygen atoms in total. The van der Waals surface area contributed by atoms with E-state index in [9.17, 15) is 9.59 Å². The summed E-state index contributed by atoms with van der Waals surface area (Å²) in [4.78, 5) is 27.7. The summed E-state index contributed by atoms with van der Waals surface area (Å²) in [5, 5.41) is 3.74. The van der Waals surface area contributed by atoms with Crippen molar-refractivity contribution in [3.63, 3.8) is 0 Å². The minimum atomic E-state index is -0.489. The Labute approximate surface area is 209 Å². The molecule has 0 bridgehead atoms. The van der Waals surface area contributed by atoms with Crippen LogP contribution in [0.5, 0.6) is 0 Å². The van der Waals surface area contributed by atoms with Crippen LogP contribution in [0.4, 0.5) is 5.69 Å². The number of hydrogen-bond acceptors (Lipinski definition) is 3. The number of hydrogen-bond donors (Lipinski definition) is 1. The number of para-hydroxylation sites is 1. The van der Waals surface area contributed by atoms with E-state index >= 15 is 0 Å². The molecular weight excluding hydrogens is 454 g/mol. The van der Waals surface area contributed by atoms with Gasteiger partial charge >= 0.3 is 0 Å². The first-order chi connectivity index (χ1) is 16.9. The predicted molar refractivity (Wildman–Crippen MR) is 144 cm³/mol. The number of aromatic nitrogens is 1. The van der Waals surface area contributed by atoms with Gasteiger partial charge in [-0.25, -0.2) is 0 Å². The number of amides is 2. The van der Waals surface area contributed by atoms with Crippen LogP contribution >= 0.6 is 12.2 Å². The lowest BCUT2D eigenvalue weighted by molar-refractivity contribution is -0.122. The third-order valence-corrected chi connectivity index (χ3v) is 6.58. The molecular formula is C29H25N3O2S. The van der Waals surface area contributed by atoms with Gasteiger partial charge < -0.3 is 4.57 Å². The number of thiocarbonyl (C=S) groups is 1. The van der Waals surface area contributed by atoms with Crippen molar-refractivity contribution in [1.29, 1.82) is 0 Å². The van der Waals surface area contributed by atoms with Crippen molar-refractivity contribution in [3.8, 4) is 0 Å². The molecule has 5 rings (SSSR count). The number of carbonyl (C=O) groups is 2. The monoisotopic (exact) mass is 479 g/mol. The second-order valence-corrected chi connectivity index (χ2v) is 9.08. The van der Waals surface area contributed by atoms with Crippen LogP contribution in [-0.2, 0) is 22.6 Å². The van der Waals surface area contributed by atoms with Crippen molar-refractivity contribution in [2.45, 2.75) is 26.8 Å². The van der Waals surface area contributed by atoms with E-state index in [0.29, 0.717) is 12.2 Å². The maximum Gasteiger partial charge on any atom is 0.270 e. The summed E-state index contributed by atoms with van der Waals surface area (Å²) >= 11 is 5.35. The van der Waals surface area contributed by atoms with E-state index in [1.54, 1.807) is 6.08 Å². The molecule has 2 amide bonds. The zero-order valence-electron chi connectivity index (χ0n) is 19.6. The molecule has 4 aromatic rings. The Balaban J connectivity index is 1.54. The molecule has 0 aliphatic carbocycles. The van der Waals surface area contributed by atoms with Crippen LogP contribution in [-0.4, -0.2) is 21.5 Å². The summed E-state index contributed by atoms with van der Waals surface area (Å²) in [7, 11) is 0. The van der Waals surface area contributed by atoms with Gasteiger partial charge in [0.05, 0.1) is 5.69 Å². The number of benzene rings is 3. The Bertz CT molecular complexity index is 1480. The average Bonchev–Trinajstić information content (AvgIpc) is 3.20. The number of nitrogens with zero attached hydrogens (tertiary/aromatic N) is 2. The van der Waals surface area contributed by atoms with Gasteiger partial charge in [0.15, 0.2) is 5.11 Å². The van der Waals surface area contributed by atoms with Gasteiger partial charge in [-0.1, -0.05) is 67.1 Å².